The first-order chi connectivity index (χ1) is 13.7. The number of nitrogens with one attached hydrogen (secondary N) is 1. The number of benzene rings is 1. The van der Waals surface area contributed by atoms with E-state index in [1.807, 2.05) is 18.2 Å². The van der Waals surface area contributed by atoms with E-state index in [0.29, 0.717) is 30.8 Å². The van der Waals surface area contributed by atoms with Gasteiger partial charge in [-0.1, -0.05) is 12.1 Å². The van der Waals surface area contributed by atoms with Crippen LogP contribution in [0.3, 0.4) is 0 Å². The van der Waals surface area contributed by atoms with Gasteiger partial charge in [-0.15, -0.1) is 0 Å². The molecule has 1 aliphatic heterocycles. The molecule has 8 nitrogen and oxygen atoms in total. The summed E-state index contributed by atoms with van der Waals surface area (Å²) >= 11 is 0. The first kappa shape index (κ1) is 18.2. The lowest BCUT2D eigenvalue weighted by molar-refractivity contribution is 0.0940. The predicted octanol–water partition coefficient (Wildman–Crippen LogP) is 1.25. The second kappa shape index (κ2) is 7.85. The minimum absolute atomic E-state index is 0.0419. The second-order valence-electron chi connectivity index (χ2n) is 6.80. The number of ether oxygens (including phenoxy) is 2. The molecule has 146 valence electrons. The molecule has 0 bridgehead atoms. The highest BCUT2D eigenvalue weighted by atomic mass is 16.5. The van der Waals surface area contributed by atoms with E-state index in [0.717, 1.165) is 29.0 Å². The normalized spacial score (nSPS) is 15.7. The van der Waals surface area contributed by atoms with Crippen LogP contribution >= 0.6 is 0 Å². The Bertz CT molecular complexity index is 1000. The van der Waals surface area contributed by atoms with Gasteiger partial charge in [-0.2, -0.15) is 5.10 Å². The van der Waals surface area contributed by atoms with E-state index >= 15 is 0 Å². The van der Waals surface area contributed by atoms with E-state index in [9.17, 15) is 4.79 Å². The third kappa shape index (κ3) is 3.50. The van der Waals surface area contributed by atoms with Crippen LogP contribution in [0.2, 0.25) is 0 Å². The Morgan fingerprint density at radius 2 is 2.32 bits per heavy atom. The molecular weight excluding hydrogens is 360 g/mol. The molecule has 2 N–H and O–H groups in total. The Morgan fingerprint density at radius 1 is 1.43 bits per heavy atom. The van der Waals surface area contributed by atoms with Crippen molar-refractivity contribution >= 4 is 11.6 Å². The van der Waals surface area contributed by atoms with E-state index < -0.39 is 0 Å². The van der Waals surface area contributed by atoms with Gasteiger partial charge < -0.3 is 19.9 Å². The summed E-state index contributed by atoms with van der Waals surface area (Å²) in [4.78, 5) is 16.9. The lowest BCUT2D eigenvalue weighted by Crippen LogP contribution is -2.34. The fourth-order valence-corrected chi connectivity index (χ4v) is 3.41. The largest absolute Gasteiger partial charge is 0.493 e. The molecule has 1 amide bonds. The van der Waals surface area contributed by atoms with Gasteiger partial charge in [-0.25, -0.2) is 9.50 Å². The zero-order chi connectivity index (χ0) is 19.5. The van der Waals surface area contributed by atoms with Crippen molar-refractivity contribution in [1.29, 1.82) is 0 Å². The van der Waals surface area contributed by atoms with Gasteiger partial charge in [0.15, 0.2) is 17.1 Å². The van der Waals surface area contributed by atoms with Crippen LogP contribution < -0.4 is 14.8 Å². The molecule has 0 fully saturated rings. The van der Waals surface area contributed by atoms with Gasteiger partial charge in [0.05, 0.1) is 19.9 Å². The molecule has 1 aromatic carbocycles. The number of methoxy groups -OCH3 is 1. The van der Waals surface area contributed by atoms with Crippen molar-refractivity contribution in [3.8, 4) is 11.5 Å². The van der Waals surface area contributed by atoms with Crippen LogP contribution in [0.25, 0.3) is 5.65 Å². The summed E-state index contributed by atoms with van der Waals surface area (Å²) in [6.45, 7) is 1.06. The number of fused-ring (bicyclic) bond motifs is 2. The van der Waals surface area contributed by atoms with Crippen molar-refractivity contribution in [2.24, 2.45) is 5.92 Å². The zero-order valence-corrected chi connectivity index (χ0v) is 15.6. The maximum absolute atomic E-state index is 12.6. The molecule has 0 spiro atoms. The molecule has 28 heavy (non-hydrogen) atoms. The van der Waals surface area contributed by atoms with Gasteiger partial charge in [0, 0.05) is 31.5 Å². The minimum atomic E-state index is -0.214. The predicted molar refractivity (Wildman–Crippen MR) is 102 cm³/mol. The molecule has 8 heteroatoms. The van der Waals surface area contributed by atoms with Crippen LogP contribution in [0.4, 0.5) is 0 Å². The number of amides is 1. The first-order valence-corrected chi connectivity index (χ1v) is 9.19. The van der Waals surface area contributed by atoms with Gasteiger partial charge in [-0.3, -0.25) is 4.79 Å². The van der Waals surface area contributed by atoms with Crippen LogP contribution in [0.1, 0.15) is 21.5 Å². The summed E-state index contributed by atoms with van der Waals surface area (Å²) in [6, 6.07) is 5.84. The van der Waals surface area contributed by atoms with Crippen molar-refractivity contribution in [2.45, 2.75) is 12.8 Å². The number of aromatic nitrogens is 3. The highest BCUT2D eigenvalue weighted by Gasteiger charge is 2.24. The summed E-state index contributed by atoms with van der Waals surface area (Å²) in [6.07, 6.45) is 6.25. The number of aliphatic hydroxyl groups is 1. The van der Waals surface area contributed by atoms with E-state index in [-0.39, 0.29) is 18.4 Å². The van der Waals surface area contributed by atoms with Crippen LogP contribution in [-0.2, 0) is 12.8 Å². The van der Waals surface area contributed by atoms with Gasteiger partial charge in [0.1, 0.15) is 5.56 Å². The number of aliphatic hydroxyl groups excluding tert-OH is 1. The van der Waals surface area contributed by atoms with E-state index in [1.54, 1.807) is 24.0 Å². The van der Waals surface area contributed by atoms with Crippen molar-refractivity contribution in [2.75, 3.05) is 26.9 Å². The molecule has 4 rings (SSSR count). The highest BCUT2D eigenvalue weighted by Crippen LogP contribution is 2.35. The maximum Gasteiger partial charge on any atom is 0.256 e. The third-order valence-electron chi connectivity index (χ3n) is 4.86. The Hall–Kier alpha value is -3.13. The summed E-state index contributed by atoms with van der Waals surface area (Å²) in [5.74, 6) is 1.49. The van der Waals surface area contributed by atoms with Crippen LogP contribution in [0.15, 0.2) is 36.8 Å². The second-order valence-corrected chi connectivity index (χ2v) is 6.80. The number of hydrogen-bond donors (Lipinski definition) is 2. The minimum Gasteiger partial charge on any atom is -0.493 e. The van der Waals surface area contributed by atoms with Crippen molar-refractivity contribution < 1.29 is 19.4 Å². The molecule has 3 aromatic rings. The average Bonchev–Trinajstić information content (AvgIpc) is 3.15. The smallest absolute Gasteiger partial charge is 0.256 e. The summed E-state index contributed by atoms with van der Waals surface area (Å²) in [7, 11) is 1.63. The molecule has 0 unspecified atom stereocenters. The number of nitrogens with zero attached hydrogens (tertiary/aromatic N) is 3. The lowest BCUT2D eigenvalue weighted by Gasteiger charge is -2.26. The monoisotopic (exact) mass is 382 g/mol. The number of para-hydroxylation sites is 1. The molecular formula is C20H22N4O4. The van der Waals surface area contributed by atoms with Crippen molar-refractivity contribution in [3.05, 3.63) is 53.5 Å². The lowest BCUT2D eigenvalue weighted by atomic mass is 9.96. The number of rotatable bonds is 6. The SMILES string of the molecule is COc1cccc2c1OC[C@H](CNC(=O)c1cnn3cc(CCO)cnc13)C2. The van der Waals surface area contributed by atoms with Crippen LogP contribution in [-0.4, -0.2) is 52.5 Å². The van der Waals surface area contributed by atoms with Crippen molar-refractivity contribution in [1.82, 2.24) is 19.9 Å². The van der Waals surface area contributed by atoms with E-state index in [1.165, 1.54) is 6.20 Å². The molecule has 0 aliphatic carbocycles. The number of hydrogen-bond acceptors (Lipinski definition) is 6. The average molecular weight is 382 g/mol. The molecule has 0 saturated heterocycles. The summed E-state index contributed by atoms with van der Waals surface area (Å²) in [5, 5.41) is 16.2. The quantitative estimate of drug-likeness (QED) is 0.666. The molecule has 0 saturated carbocycles. The van der Waals surface area contributed by atoms with E-state index in [4.69, 9.17) is 14.6 Å². The van der Waals surface area contributed by atoms with Gasteiger partial charge in [0.2, 0.25) is 0 Å². The molecule has 0 radical (unpaired) electrons. The third-order valence-corrected chi connectivity index (χ3v) is 4.86. The molecule has 1 atom stereocenters. The molecule has 3 heterocycles. The van der Waals surface area contributed by atoms with Crippen LogP contribution in [0, 0.1) is 5.92 Å². The molecule has 1 aliphatic rings. The fraction of sp³-hybridized carbons (Fsp3) is 0.350. The van der Waals surface area contributed by atoms with E-state index in [2.05, 4.69) is 15.4 Å². The first-order valence-electron chi connectivity index (χ1n) is 9.19. The number of carbonyl (C=O) groups is 1. The Balaban J connectivity index is 1.41. The summed E-state index contributed by atoms with van der Waals surface area (Å²) in [5.41, 5.74) is 2.86. The van der Waals surface area contributed by atoms with Gasteiger partial charge in [-0.05, 0) is 30.0 Å². The topological polar surface area (TPSA) is 98.0 Å². The highest BCUT2D eigenvalue weighted by molar-refractivity contribution is 5.99. The zero-order valence-electron chi connectivity index (χ0n) is 15.6. The fourth-order valence-electron chi connectivity index (χ4n) is 3.41. The Labute approximate surface area is 162 Å². The number of carbonyl (C=O) groups excluding carboxylic acids is 1. The summed E-state index contributed by atoms with van der Waals surface area (Å²) < 4.78 is 12.8. The maximum atomic E-state index is 12.6. The Kier molecular flexibility index (Phi) is 5.12. The molecule has 2 aromatic heterocycles. The standard InChI is InChI=1S/C20H22N4O4/c1-27-17-4-2-3-15-7-14(12-28-18(15)17)9-22-20(26)16-10-23-24-11-13(5-6-25)8-21-19(16)24/h2-4,8,10-11,14,25H,5-7,9,12H2,1H3,(H,22,26)/t14-/m0/s1. The van der Waals surface area contributed by atoms with Gasteiger partial charge >= 0.3 is 0 Å². The van der Waals surface area contributed by atoms with Crippen molar-refractivity contribution in [3.63, 3.8) is 0 Å². The van der Waals surface area contributed by atoms with Crippen LogP contribution in [0.5, 0.6) is 11.5 Å². The van der Waals surface area contributed by atoms with Gasteiger partial charge in [0.25, 0.3) is 5.91 Å². The Morgan fingerprint density at radius 3 is 3.14 bits per heavy atom.